The molecule has 2 atom stereocenters. The third-order valence-corrected chi connectivity index (χ3v) is 13.9. The van der Waals surface area contributed by atoms with E-state index in [-0.39, 0.29) is 67.0 Å². The van der Waals surface area contributed by atoms with E-state index in [1.807, 2.05) is 6.07 Å². The Labute approximate surface area is 368 Å². The number of phenolic OH excluding ortho intramolecular Hbond substituents is 1. The van der Waals surface area contributed by atoms with Gasteiger partial charge in [0.15, 0.2) is 17.6 Å². The van der Waals surface area contributed by atoms with Crippen LogP contribution in [-0.2, 0) is 34.8 Å². The zero-order valence-electron chi connectivity index (χ0n) is 35.3. The molecule has 0 bridgehead atoms. The van der Waals surface area contributed by atoms with E-state index in [0.717, 1.165) is 43.9 Å². The number of H-pyrrole nitrogens is 1. The van der Waals surface area contributed by atoms with Crippen molar-refractivity contribution >= 4 is 54.7 Å². The fraction of sp³-hybridized carbons (Fsp3) is 0.465. The Morgan fingerprint density at radius 3 is 2.15 bits per heavy atom. The molecule has 0 aliphatic carbocycles. The average molecular weight is 921 g/mol. The number of ether oxygens (including phenoxy) is 3. The number of unbranched alkanes of at least 4 members (excludes halogenated alkanes) is 7. The Kier molecular flexibility index (Phi) is 16.2. The number of esters is 1. The molecule has 0 saturated heterocycles. The number of hydrogen-bond acceptors (Lipinski definition) is 11. The molecular formula is C43H55Cl2N5O9S2. The van der Waals surface area contributed by atoms with Gasteiger partial charge in [0.2, 0.25) is 19.9 Å². The summed E-state index contributed by atoms with van der Waals surface area (Å²) in [5.74, 6) is -0.451. The molecule has 0 radical (unpaired) electrons. The van der Waals surface area contributed by atoms with Crippen molar-refractivity contribution in [1.29, 1.82) is 0 Å². The van der Waals surface area contributed by atoms with Crippen LogP contribution >= 0.6 is 23.2 Å². The van der Waals surface area contributed by atoms with Crippen molar-refractivity contribution in [3.8, 4) is 17.2 Å². The van der Waals surface area contributed by atoms with Crippen molar-refractivity contribution in [2.24, 2.45) is 0 Å². The predicted octanol–water partition coefficient (Wildman–Crippen LogP) is 9.45. The molecule has 0 fully saturated rings. The number of phenols is 1. The van der Waals surface area contributed by atoms with E-state index in [0.29, 0.717) is 23.5 Å². The number of sulfonamides is 1. The maximum absolute atomic E-state index is 14.1. The monoisotopic (exact) mass is 919 g/mol. The van der Waals surface area contributed by atoms with Crippen LogP contribution in [0.5, 0.6) is 17.2 Å². The summed E-state index contributed by atoms with van der Waals surface area (Å²) in [6.07, 6.45) is 7.39. The number of benzene rings is 3. The van der Waals surface area contributed by atoms with E-state index in [1.165, 1.54) is 55.3 Å². The predicted molar refractivity (Wildman–Crippen MR) is 234 cm³/mol. The molecule has 5 rings (SSSR count). The number of aromatic hydroxyl groups is 1. The van der Waals surface area contributed by atoms with Gasteiger partial charge in [-0.05, 0) is 80.8 Å². The SMILES string of the molecule is CCCCCCCCCCC(Oc1ccc(C)cc1S(=O)(=O)NC(C)c1nnc2cc(C(C)(C)C)[nH]n12)C(=O)OCCOc1ccc(S(=O)(=O)c2ccc(O)c(Cl)c2)cc1Cl. The topological polar surface area (TPSA) is 191 Å². The molecule has 0 amide bonds. The number of sulfone groups is 1. The molecule has 0 spiro atoms. The smallest absolute Gasteiger partial charge is 0.347 e. The van der Waals surface area contributed by atoms with Crippen LogP contribution in [0.25, 0.3) is 5.65 Å². The molecule has 3 aromatic carbocycles. The van der Waals surface area contributed by atoms with Crippen molar-refractivity contribution < 1.29 is 40.9 Å². The quantitative estimate of drug-likeness (QED) is 0.0443. The first-order chi connectivity index (χ1) is 28.8. The second-order valence-electron chi connectivity index (χ2n) is 16.1. The highest BCUT2D eigenvalue weighted by Gasteiger charge is 2.30. The fourth-order valence-electron chi connectivity index (χ4n) is 6.52. The van der Waals surface area contributed by atoms with Gasteiger partial charge in [0.05, 0.1) is 25.9 Å². The van der Waals surface area contributed by atoms with E-state index < -0.39 is 38.0 Å². The van der Waals surface area contributed by atoms with Crippen LogP contribution in [0, 0.1) is 6.92 Å². The lowest BCUT2D eigenvalue weighted by Crippen LogP contribution is -2.32. The van der Waals surface area contributed by atoms with Crippen molar-refractivity contribution in [3.05, 3.63) is 87.8 Å². The number of aromatic nitrogens is 4. The highest BCUT2D eigenvalue weighted by Crippen LogP contribution is 2.34. The Balaban J connectivity index is 1.27. The molecule has 0 aliphatic rings. The number of fused-ring (bicyclic) bond motifs is 1. The van der Waals surface area contributed by atoms with Crippen LogP contribution in [0.3, 0.4) is 0 Å². The number of nitrogens with one attached hydrogen (secondary N) is 2. The first-order valence-corrected chi connectivity index (χ1v) is 24.1. The molecule has 61 heavy (non-hydrogen) atoms. The lowest BCUT2D eigenvalue weighted by molar-refractivity contribution is -0.153. The summed E-state index contributed by atoms with van der Waals surface area (Å²) >= 11 is 12.3. The fourth-order valence-corrected chi connectivity index (χ4v) is 9.80. The molecule has 0 aliphatic heterocycles. The molecule has 2 aromatic heterocycles. The normalized spacial score (nSPS) is 13.3. The second kappa shape index (κ2) is 20.7. The summed E-state index contributed by atoms with van der Waals surface area (Å²) < 4.78 is 76.4. The van der Waals surface area contributed by atoms with Crippen LogP contribution in [0.2, 0.25) is 10.0 Å². The minimum Gasteiger partial charge on any atom is -0.506 e. The summed E-state index contributed by atoms with van der Waals surface area (Å²) in [5.41, 5.74) is 1.93. The number of carbonyl (C=O) groups is 1. The van der Waals surface area contributed by atoms with Gasteiger partial charge < -0.3 is 19.3 Å². The Morgan fingerprint density at radius 2 is 1.49 bits per heavy atom. The Hall–Kier alpha value is -4.35. The van der Waals surface area contributed by atoms with Gasteiger partial charge in [-0.2, -0.15) is 0 Å². The highest BCUT2D eigenvalue weighted by molar-refractivity contribution is 7.91. The molecule has 14 nitrogen and oxygen atoms in total. The van der Waals surface area contributed by atoms with Gasteiger partial charge in [-0.15, -0.1) is 10.2 Å². The van der Waals surface area contributed by atoms with Gasteiger partial charge in [-0.25, -0.2) is 30.9 Å². The van der Waals surface area contributed by atoms with Crippen LogP contribution in [-0.4, -0.2) is 67.0 Å². The summed E-state index contributed by atoms with van der Waals surface area (Å²) in [7, 11) is -8.25. The van der Waals surface area contributed by atoms with Gasteiger partial charge in [-0.1, -0.05) is 102 Å². The Bertz CT molecular complexity index is 2520. The number of halogens is 2. The summed E-state index contributed by atoms with van der Waals surface area (Å²) in [4.78, 5) is 13.3. The van der Waals surface area contributed by atoms with E-state index in [9.17, 15) is 26.7 Å². The van der Waals surface area contributed by atoms with Crippen LogP contribution in [0.4, 0.5) is 0 Å². The summed E-state index contributed by atoms with van der Waals surface area (Å²) in [6, 6.07) is 13.3. The van der Waals surface area contributed by atoms with E-state index in [1.54, 1.807) is 24.4 Å². The number of nitrogens with zero attached hydrogens (tertiary/aromatic N) is 3. The van der Waals surface area contributed by atoms with Gasteiger partial charge in [-0.3, -0.25) is 5.10 Å². The molecule has 2 heterocycles. The van der Waals surface area contributed by atoms with Crippen molar-refractivity contribution in [1.82, 2.24) is 24.5 Å². The summed E-state index contributed by atoms with van der Waals surface area (Å²) in [5, 5.41) is 21.3. The number of carbonyl (C=O) groups excluding carboxylic acids is 1. The van der Waals surface area contributed by atoms with E-state index >= 15 is 0 Å². The molecular weight excluding hydrogens is 866 g/mol. The first kappa shape index (κ1) is 47.7. The molecule has 332 valence electrons. The molecule has 2 unspecified atom stereocenters. The molecule has 3 N–H and O–H groups in total. The molecule has 0 saturated carbocycles. The first-order valence-electron chi connectivity index (χ1n) is 20.4. The number of aryl methyl sites for hydroxylation is 1. The van der Waals surface area contributed by atoms with Crippen molar-refractivity contribution in [3.63, 3.8) is 0 Å². The van der Waals surface area contributed by atoms with Crippen LogP contribution < -0.4 is 14.2 Å². The van der Waals surface area contributed by atoms with Gasteiger partial charge in [0.1, 0.15) is 35.4 Å². The largest absolute Gasteiger partial charge is 0.506 e. The number of rotatable bonds is 22. The van der Waals surface area contributed by atoms with Gasteiger partial charge in [0, 0.05) is 17.2 Å². The van der Waals surface area contributed by atoms with Crippen molar-refractivity contribution in [2.45, 2.75) is 132 Å². The maximum atomic E-state index is 14.1. The minimum atomic E-state index is -4.24. The summed E-state index contributed by atoms with van der Waals surface area (Å²) in [6.45, 7) is 11.4. The average Bonchev–Trinajstić information content (AvgIpc) is 3.81. The number of hydrogen-bond donors (Lipinski definition) is 3. The van der Waals surface area contributed by atoms with Gasteiger partial charge >= 0.3 is 5.97 Å². The standard InChI is InChI=1S/C43H55Cl2N5O9S2/c1-7-8-9-10-11-12-13-14-15-37(42(52)58-23-22-57-35-21-18-31(26-33(35)45)60(53,54)30-17-19-34(51)32(44)25-30)59-36-20-16-28(2)24-38(36)61(55,56)49-29(3)41-47-46-40-27-39(43(4,5)6)48-50(40)41/h16-21,24-27,29,37,48-49,51H,7-15,22-23H2,1-6H3. The molecule has 5 aromatic rings. The zero-order chi connectivity index (χ0) is 44.5. The zero-order valence-corrected chi connectivity index (χ0v) is 38.5. The lowest BCUT2D eigenvalue weighted by atomic mass is 9.93. The molecule has 18 heteroatoms. The van der Waals surface area contributed by atoms with Crippen molar-refractivity contribution in [2.75, 3.05) is 13.2 Å². The minimum absolute atomic E-state index is 0.000190. The highest BCUT2D eigenvalue weighted by atomic mass is 35.5. The maximum Gasteiger partial charge on any atom is 0.347 e. The third-order valence-electron chi connectivity index (χ3n) is 10.0. The van der Waals surface area contributed by atoms with Gasteiger partial charge in [0.25, 0.3) is 0 Å². The van der Waals surface area contributed by atoms with Crippen LogP contribution in [0.1, 0.15) is 116 Å². The van der Waals surface area contributed by atoms with Crippen LogP contribution in [0.15, 0.2) is 75.4 Å². The third kappa shape index (κ3) is 12.4. The van der Waals surface area contributed by atoms with E-state index in [4.69, 9.17) is 37.4 Å². The lowest BCUT2D eigenvalue weighted by Gasteiger charge is -2.21. The number of aromatic amines is 1. The van der Waals surface area contributed by atoms with E-state index in [2.05, 4.69) is 47.7 Å². The Morgan fingerprint density at radius 1 is 0.852 bits per heavy atom. The second-order valence-corrected chi connectivity index (χ2v) is 20.5.